The highest BCUT2D eigenvalue weighted by atomic mass is 16.3. The lowest BCUT2D eigenvalue weighted by atomic mass is 10.1. The van der Waals surface area contributed by atoms with Gasteiger partial charge in [-0.1, -0.05) is 66.7 Å². The molecule has 28 heavy (non-hydrogen) atoms. The second-order valence-electron chi connectivity index (χ2n) is 5.78. The van der Waals surface area contributed by atoms with Crippen LogP contribution in [0.2, 0.25) is 0 Å². The molecule has 4 aromatic carbocycles. The summed E-state index contributed by atoms with van der Waals surface area (Å²) in [5, 5.41) is 35.9. The van der Waals surface area contributed by atoms with E-state index in [1.165, 1.54) is 6.07 Å². The van der Waals surface area contributed by atoms with Crippen LogP contribution in [0, 0.1) is 0 Å². The zero-order chi connectivity index (χ0) is 20.2. The summed E-state index contributed by atoms with van der Waals surface area (Å²) < 4.78 is 0. The summed E-state index contributed by atoms with van der Waals surface area (Å²) >= 11 is 0. The third-order valence-corrected chi connectivity index (χ3v) is 3.52. The monoisotopic (exact) mass is 374 g/mol. The quantitative estimate of drug-likeness (QED) is 0.352. The summed E-state index contributed by atoms with van der Waals surface area (Å²) in [5.41, 5.74) is 1.78. The standard InChI is InChI=1S/C12H10O2.2C6H6O/c13-11-6-10(7-12(14)8-11)9-4-2-1-3-5-9;2*7-6-4-2-1-3-5-6/h1-8,13-14H;2*1-5,7H. The molecule has 0 unspecified atom stereocenters. The van der Waals surface area contributed by atoms with Gasteiger partial charge in [0.2, 0.25) is 0 Å². The summed E-state index contributed by atoms with van der Waals surface area (Å²) in [4.78, 5) is 0. The van der Waals surface area contributed by atoms with Crippen LogP contribution in [0.15, 0.2) is 109 Å². The Morgan fingerprint density at radius 1 is 0.321 bits per heavy atom. The van der Waals surface area contributed by atoms with Crippen molar-refractivity contribution in [2.24, 2.45) is 0 Å². The van der Waals surface area contributed by atoms with Gasteiger partial charge in [0.1, 0.15) is 23.0 Å². The molecule has 0 spiro atoms. The molecule has 4 heteroatoms. The average Bonchev–Trinajstić information content (AvgIpc) is 2.70. The van der Waals surface area contributed by atoms with Crippen LogP contribution in [-0.4, -0.2) is 20.4 Å². The minimum Gasteiger partial charge on any atom is -0.508 e. The Kier molecular flexibility index (Phi) is 7.96. The molecule has 4 N–H and O–H groups in total. The number of hydrogen-bond acceptors (Lipinski definition) is 4. The maximum atomic E-state index is 9.30. The SMILES string of the molecule is Oc1cc(O)cc(-c2ccccc2)c1.Oc1ccccc1.Oc1ccccc1. The molecule has 0 radical (unpaired) electrons. The highest BCUT2D eigenvalue weighted by Gasteiger charge is 2.00. The Bertz CT molecular complexity index is 882. The third-order valence-electron chi connectivity index (χ3n) is 3.52. The second kappa shape index (κ2) is 10.9. The molecule has 0 heterocycles. The van der Waals surface area contributed by atoms with Crippen LogP contribution < -0.4 is 0 Å². The normalized spacial score (nSPS) is 9.29. The van der Waals surface area contributed by atoms with Crippen LogP contribution >= 0.6 is 0 Å². The molecular weight excluding hydrogens is 352 g/mol. The Morgan fingerprint density at radius 2 is 0.679 bits per heavy atom. The van der Waals surface area contributed by atoms with E-state index in [0.29, 0.717) is 11.5 Å². The lowest BCUT2D eigenvalue weighted by Gasteiger charge is -2.02. The van der Waals surface area contributed by atoms with Gasteiger partial charge in [-0.25, -0.2) is 0 Å². The first kappa shape index (κ1) is 20.4. The van der Waals surface area contributed by atoms with E-state index in [9.17, 15) is 10.2 Å². The van der Waals surface area contributed by atoms with E-state index in [4.69, 9.17) is 10.2 Å². The maximum absolute atomic E-state index is 9.30. The summed E-state index contributed by atoms with van der Waals surface area (Å²) in [6.45, 7) is 0. The van der Waals surface area contributed by atoms with E-state index in [2.05, 4.69) is 0 Å². The zero-order valence-corrected chi connectivity index (χ0v) is 15.2. The van der Waals surface area contributed by atoms with Crippen molar-refractivity contribution < 1.29 is 20.4 Å². The molecule has 0 amide bonds. The van der Waals surface area contributed by atoms with Crippen molar-refractivity contribution in [3.05, 3.63) is 109 Å². The van der Waals surface area contributed by atoms with E-state index in [-0.39, 0.29) is 11.5 Å². The first-order chi connectivity index (χ1) is 13.5. The number of rotatable bonds is 1. The number of para-hydroxylation sites is 2. The Balaban J connectivity index is 0.000000168. The molecule has 0 aliphatic carbocycles. The van der Waals surface area contributed by atoms with Gasteiger partial charge < -0.3 is 20.4 Å². The van der Waals surface area contributed by atoms with Gasteiger partial charge in [0.15, 0.2) is 0 Å². The molecule has 0 fully saturated rings. The van der Waals surface area contributed by atoms with Crippen LogP contribution in [0.25, 0.3) is 11.1 Å². The predicted octanol–water partition coefficient (Wildman–Crippen LogP) is 5.55. The number of phenolic OH excluding ortho intramolecular Hbond substituents is 4. The summed E-state index contributed by atoms with van der Waals surface area (Å²) in [7, 11) is 0. The Hall–Kier alpha value is -3.92. The number of aromatic hydroxyl groups is 4. The molecule has 0 saturated heterocycles. The highest BCUT2D eigenvalue weighted by Crippen LogP contribution is 2.28. The second-order valence-corrected chi connectivity index (χ2v) is 5.78. The minimum absolute atomic E-state index is 0.0730. The molecular formula is C24H22O4. The van der Waals surface area contributed by atoms with Crippen LogP contribution in [0.4, 0.5) is 0 Å². The van der Waals surface area contributed by atoms with E-state index in [1.807, 2.05) is 42.5 Å². The third kappa shape index (κ3) is 7.54. The lowest BCUT2D eigenvalue weighted by Crippen LogP contribution is -1.76. The zero-order valence-electron chi connectivity index (χ0n) is 15.2. The first-order valence-corrected chi connectivity index (χ1v) is 8.61. The van der Waals surface area contributed by atoms with Gasteiger partial charge in [-0.3, -0.25) is 0 Å². The molecule has 0 saturated carbocycles. The van der Waals surface area contributed by atoms with Gasteiger partial charge >= 0.3 is 0 Å². The molecule has 4 nitrogen and oxygen atoms in total. The van der Waals surface area contributed by atoms with Crippen molar-refractivity contribution >= 4 is 0 Å². The fraction of sp³-hybridized carbons (Fsp3) is 0. The van der Waals surface area contributed by atoms with Crippen LogP contribution in [-0.2, 0) is 0 Å². The number of hydrogen-bond donors (Lipinski definition) is 4. The molecule has 142 valence electrons. The van der Waals surface area contributed by atoms with Gasteiger partial charge in [-0.2, -0.15) is 0 Å². The largest absolute Gasteiger partial charge is 0.508 e. The van der Waals surface area contributed by atoms with E-state index < -0.39 is 0 Å². The Labute approximate surface area is 164 Å². The molecule has 4 aromatic rings. The highest BCUT2D eigenvalue weighted by molar-refractivity contribution is 5.66. The van der Waals surface area contributed by atoms with Crippen LogP contribution in [0.5, 0.6) is 23.0 Å². The summed E-state index contributed by atoms with van der Waals surface area (Å²) in [6.07, 6.45) is 0. The molecule has 0 bridgehead atoms. The molecule has 0 aromatic heterocycles. The molecule has 0 aliphatic heterocycles. The minimum atomic E-state index is 0.0730. The van der Waals surface area contributed by atoms with Crippen molar-refractivity contribution in [2.45, 2.75) is 0 Å². The van der Waals surface area contributed by atoms with Crippen molar-refractivity contribution in [2.75, 3.05) is 0 Å². The van der Waals surface area contributed by atoms with Gasteiger partial charge in [-0.05, 0) is 47.5 Å². The van der Waals surface area contributed by atoms with E-state index >= 15 is 0 Å². The van der Waals surface area contributed by atoms with E-state index in [0.717, 1.165) is 11.1 Å². The summed E-state index contributed by atoms with van der Waals surface area (Å²) in [5.74, 6) is 0.790. The number of benzene rings is 4. The smallest absolute Gasteiger partial charge is 0.119 e. The fourth-order valence-electron chi connectivity index (χ4n) is 2.25. The van der Waals surface area contributed by atoms with Gasteiger partial charge in [0.25, 0.3) is 0 Å². The van der Waals surface area contributed by atoms with Crippen molar-refractivity contribution in [3.63, 3.8) is 0 Å². The van der Waals surface area contributed by atoms with E-state index in [1.54, 1.807) is 60.7 Å². The van der Waals surface area contributed by atoms with Crippen LogP contribution in [0.3, 0.4) is 0 Å². The average molecular weight is 374 g/mol. The van der Waals surface area contributed by atoms with Gasteiger partial charge in [0, 0.05) is 6.07 Å². The topological polar surface area (TPSA) is 80.9 Å². The molecule has 0 aliphatic rings. The first-order valence-electron chi connectivity index (χ1n) is 8.61. The summed E-state index contributed by atoms with van der Waals surface area (Å²) in [6, 6.07) is 31.6. The molecule has 4 rings (SSSR count). The van der Waals surface area contributed by atoms with Crippen molar-refractivity contribution in [1.82, 2.24) is 0 Å². The number of phenols is 4. The van der Waals surface area contributed by atoms with Gasteiger partial charge in [0.05, 0.1) is 0 Å². The fourth-order valence-corrected chi connectivity index (χ4v) is 2.25. The van der Waals surface area contributed by atoms with Crippen molar-refractivity contribution in [1.29, 1.82) is 0 Å². The van der Waals surface area contributed by atoms with Gasteiger partial charge in [-0.15, -0.1) is 0 Å². The Morgan fingerprint density at radius 3 is 1.00 bits per heavy atom. The molecule has 0 atom stereocenters. The predicted molar refractivity (Wildman–Crippen MR) is 111 cm³/mol. The lowest BCUT2D eigenvalue weighted by molar-refractivity contribution is 0.451. The van der Waals surface area contributed by atoms with Crippen molar-refractivity contribution in [3.8, 4) is 34.1 Å². The van der Waals surface area contributed by atoms with Crippen LogP contribution in [0.1, 0.15) is 0 Å². The maximum Gasteiger partial charge on any atom is 0.119 e.